The first kappa shape index (κ1) is 20.7. The molecule has 0 radical (unpaired) electrons. The molecule has 0 aliphatic rings. The number of rotatable bonds is 8. The van der Waals surface area contributed by atoms with Gasteiger partial charge in [0.1, 0.15) is 0 Å². The van der Waals surface area contributed by atoms with E-state index < -0.39 is 5.97 Å². The van der Waals surface area contributed by atoms with Crippen LogP contribution in [0.1, 0.15) is 17.3 Å². The van der Waals surface area contributed by atoms with Gasteiger partial charge in [0.15, 0.2) is 0 Å². The maximum Gasteiger partial charge on any atom is 0.338 e. The summed E-state index contributed by atoms with van der Waals surface area (Å²) in [6, 6.07) is 14.7. The summed E-state index contributed by atoms with van der Waals surface area (Å²) >= 11 is 8.86. The second-order valence-electron chi connectivity index (χ2n) is 5.34. The number of halogens is 1. The standard InChI is InChI=1S/C19H20ClNO3S2/c1-13(26-17-6-4-3-5-16(17)19(23)24-2)18(22)21-11-12-25-15-9-7-14(20)8-10-15/h3-10,13H,11-12H2,1-2H3,(H,21,22). The first-order chi connectivity index (χ1) is 12.5. The summed E-state index contributed by atoms with van der Waals surface area (Å²) in [5.41, 5.74) is 0.470. The van der Waals surface area contributed by atoms with E-state index in [0.717, 1.165) is 15.5 Å². The van der Waals surface area contributed by atoms with Crippen LogP contribution in [0.5, 0.6) is 0 Å². The number of hydrogen-bond acceptors (Lipinski definition) is 5. The van der Waals surface area contributed by atoms with E-state index in [-0.39, 0.29) is 11.2 Å². The lowest BCUT2D eigenvalue weighted by Crippen LogP contribution is -2.32. The molecule has 0 heterocycles. The number of methoxy groups -OCH3 is 1. The lowest BCUT2D eigenvalue weighted by atomic mass is 10.2. The van der Waals surface area contributed by atoms with Gasteiger partial charge in [-0.1, -0.05) is 23.7 Å². The van der Waals surface area contributed by atoms with Crippen LogP contribution < -0.4 is 5.32 Å². The van der Waals surface area contributed by atoms with E-state index in [1.165, 1.54) is 18.9 Å². The van der Waals surface area contributed by atoms with Crippen molar-refractivity contribution < 1.29 is 14.3 Å². The van der Waals surface area contributed by atoms with Crippen LogP contribution in [-0.4, -0.2) is 36.5 Å². The molecule has 0 fully saturated rings. The van der Waals surface area contributed by atoms with E-state index in [2.05, 4.69) is 5.32 Å². The summed E-state index contributed by atoms with van der Waals surface area (Å²) in [7, 11) is 1.35. The highest BCUT2D eigenvalue weighted by Gasteiger charge is 2.18. The van der Waals surface area contributed by atoms with Crippen LogP contribution in [0.15, 0.2) is 58.3 Å². The van der Waals surface area contributed by atoms with Crippen LogP contribution in [0.2, 0.25) is 5.02 Å². The molecule has 0 saturated heterocycles. The molecule has 0 bridgehead atoms. The summed E-state index contributed by atoms with van der Waals surface area (Å²) in [5.74, 6) is 0.301. The molecule has 7 heteroatoms. The minimum absolute atomic E-state index is 0.0635. The van der Waals surface area contributed by atoms with Gasteiger partial charge in [0.05, 0.1) is 17.9 Å². The second kappa shape index (κ2) is 10.5. The molecular formula is C19H20ClNO3S2. The van der Waals surface area contributed by atoms with Crippen molar-refractivity contribution in [3.8, 4) is 0 Å². The molecule has 2 aromatic carbocycles. The highest BCUT2D eigenvalue weighted by Crippen LogP contribution is 2.27. The molecule has 2 rings (SSSR count). The Morgan fingerprint density at radius 3 is 2.54 bits per heavy atom. The molecule has 4 nitrogen and oxygen atoms in total. The van der Waals surface area contributed by atoms with Crippen molar-refractivity contribution in [1.82, 2.24) is 5.32 Å². The largest absolute Gasteiger partial charge is 0.465 e. The molecule has 0 aromatic heterocycles. The fourth-order valence-electron chi connectivity index (χ4n) is 2.11. The van der Waals surface area contributed by atoms with E-state index >= 15 is 0 Å². The van der Waals surface area contributed by atoms with Crippen molar-refractivity contribution in [3.05, 3.63) is 59.1 Å². The molecule has 2 aromatic rings. The van der Waals surface area contributed by atoms with Crippen LogP contribution in [0, 0.1) is 0 Å². The first-order valence-electron chi connectivity index (χ1n) is 8.01. The second-order valence-corrected chi connectivity index (χ2v) is 8.33. The van der Waals surface area contributed by atoms with Crippen molar-refractivity contribution >= 4 is 47.0 Å². The van der Waals surface area contributed by atoms with Crippen LogP contribution in [-0.2, 0) is 9.53 Å². The molecule has 26 heavy (non-hydrogen) atoms. The van der Waals surface area contributed by atoms with Crippen molar-refractivity contribution in [3.63, 3.8) is 0 Å². The topological polar surface area (TPSA) is 55.4 Å². The quantitative estimate of drug-likeness (QED) is 0.394. The van der Waals surface area contributed by atoms with E-state index in [1.807, 2.05) is 43.3 Å². The third kappa shape index (κ3) is 6.27. The lowest BCUT2D eigenvalue weighted by Gasteiger charge is -2.14. The first-order valence-corrected chi connectivity index (χ1v) is 10.3. The summed E-state index contributed by atoms with van der Waals surface area (Å²) in [6.07, 6.45) is 0. The number of amides is 1. The van der Waals surface area contributed by atoms with Gasteiger partial charge < -0.3 is 10.1 Å². The third-order valence-electron chi connectivity index (χ3n) is 3.45. The Morgan fingerprint density at radius 1 is 1.15 bits per heavy atom. The zero-order valence-corrected chi connectivity index (χ0v) is 16.9. The Morgan fingerprint density at radius 2 is 1.85 bits per heavy atom. The molecule has 0 aliphatic carbocycles. The Kier molecular flexibility index (Phi) is 8.35. The highest BCUT2D eigenvalue weighted by molar-refractivity contribution is 8.00. The fourth-order valence-corrected chi connectivity index (χ4v) is 4.01. The van der Waals surface area contributed by atoms with E-state index in [0.29, 0.717) is 17.1 Å². The third-order valence-corrected chi connectivity index (χ3v) is 5.89. The Hall–Kier alpha value is -1.63. The number of carbonyl (C=O) groups excluding carboxylic acids is 2. The SMILES string of the molecule is COC(=O)c1ccccc1SC(C)C(=O)NCCSc1ccc(Cl)cc1. The van der Waals surface area contributed by atoms with E-state index in [1.54, 1.807) is 23.9 Å². The van der Waals surface area contributed by atoms with E-state index in [4.69, 9.17) is 16.3 Å². The van der Waals surface area contributed by atoms with Gasteiger partial charge in [0.2, 0.25) is 5.91 Å². The number of hydrogen-bond donors (Lipinski definition) is 1. The number of nitrogens with one attached hydrogen (secondary N) is 1. The Labute approximate surface area is 167 Å². The molecule has 0 saturated carbocycles. The summed E-state index contributed by atoms with van der Waals surface area (Å²) in [5, 5.41) is 3.31. The normalized spacial score (nSPS) is 11.7. The predicted molar refractivity (Wildman–Crippen MR) is 108 cm³/mol. The van der Waals surface area contributed by atoms with Crippen molar-refractivity contribution in [2.75, 3.05) is 19.4 Å². The van der Waals surface area contributed by atoms with Gasteiger partial charge in [-0.15, -0.1) is 23.5 Å². The van der Waals surface area contributed by atoms with Gasteiger partial charge in [-0.2, -0.15) is 0 Å². The molecule has 1 N–H and O–H groups in total. The lowest BCUT2D eigenvalue weighted by molar-refractivity contribution is -0.120. The maximum absolute atomic E-state index is 12.3. The van der Waals surface area contributed by atoms with Gasteiger partial charge in [-0.25, -0.2) is 4.79 Å². The molecule has 1 unspecified atom stereocenters. The molecule has 1 amide bonds. The maximum atomic E-state index is 12.3. The smallest absolute Gasteiger partial charge is 0.338 e. The molecular weight excluding hydrogens is 390 g/mol. The zero-order valence-electron chi connectivity index (χ0n) is 14.5. The number of benzene rings is 2. The highest BCUT2D eigenvalue weighted by atomic mass is 35.5. The summed E-state index contributed by atoms with van der Waals surface area (Å²) in [4.78, 5) is 25.9. The molecule has 1 atom stereocenters. The zero-order chi connectivity index (χ0) is 18.9. The molecule has 138 valence electrons. The van der Waals surface area contributed by atoms with Crippen LogP contribution in [0.4, 0.5) is 0 Å². The number of carbonyl (C=O) groups is 2. The molecule has 0 spiro atoms. The number of ether oxygens (including phenoxy) is 1. The molecule has 0 aliphatic heterocycles. The number of thioether (sulfide) groups is 2. The average Bonchev–Trinajstić information content (AvgIpc) is 2.66. The van der Waals surface area contributed by atoms with Crippen molar-refractivity contribution in [1.29, 1.82) is 0 Å². The summed E-state index contributed by atoms with van der Waals surface area (Å²) < 4.78 is 4.78. The van der Waals surface area contributed by atoms with Gasteiger partial charge in [0, 0.05) is 27.1 Å². The van der Waals surface area contributed by atoms with Gasteiger partial charge in [-0.3, -0.25) is 4.79 Å². The Bertz CT molecular complexity index is 753. The predicted octanol–water partition coefficient (Wildman–Crippen LogP) is 4.52. The van der Waals surface area contributed by atoms with Crippen LogP contribution in [0.25, 0.3) is 0 Å². The van der Waals surface area contributed by atoms with Crippen molar-refractivity contribution in [2.24, 2.45) is 0 Å². The monoisotopic (exact) mass is 409 g/mol. The van der Waals surface area contributed by atoms with E-state index in [9.17, 15) is 9.59 Å². The summed E-state index contributed by atoms with van der Waals surface area (Å²) in [6.45, 7) is 2.38. The van der Waals surface area contributed by atoms with Gasteiger partial charge in [0.25, 0.3) is 0 Å². The fraction of sp³-hybridized carbons (Fsp3) is 0.263. The van der Waals surface area contributed by atoms with Gasteiger partial charge in [-0.05, 0) is 43.3 Å². The minimum Gasteiger partial charge on any atom is -0.465 e. The Balaban J connectivity index is 1.81. The minimum atomic E-state index is -0.403. The van der Waals surface area contributed by atoms with Crippen LogP contribution in [0.3, 0.4) is 0 Å². The van der Waals surface area contributed by atoms with Crippen LogP contribution >= 0.6 is 35.1 Å². The average molecular weight is 410 g/mol. The number of esters is 1. The van der Waals surface area contributed by atoms with Crippen molar-refractivity contribution in [2.45, 2.75) is 22.0 Å². The van der Waals surface area contributed by atoms with Gasteiger partial charge >= 0.3 is 5.97 Å².